The Bertz CT molecular complexity index is 723. The summed E-state index contributed by atoms with van der Waals surface area (Å²) in [6.45, 7) is 2.78. The third-order valence-corrected chi connectivity index (χ3v) is 4.94. The van der Waals surface area contributed by atoms with Gasteiger partial charge in [-0.1, -0.05) is 6.92 Å². The van der Waals surface area contributed by atoms with Crippen molar-refractivity contribution in [2.45, 2.75) is 32.4 Å². The van der Waals surface area contributed by atoms with Gasteiger partial charge in [-0.2, -0.15) is 5.10 Å². The number of anilines is 1. The second kappa shape index (κ2) is 6.41. The first-order valence-electron chi connectivity index (χ1n) is 7.53. The van der Waals surface area contributed by atoms with Gasteiger partial charge >= 0.3 is 6.03 Å². The number of carbonyl (C=O) groups excluding carboxylic acids is 2. The lowest BCUT2D eigenvalue weighted by Gasteiger charge is -2.35. The average Bonchev–Trinajstić information content (AvgIpc) is 3.14. The van der Waals surface area contributed by atoms with E-state index in [1.54, 1.807) is 17.5 Å². The lowest BCUT2D eigenvalue weighted by molar-refractivity contribution is -0.118. The lowest BCUT2D eigenvalue weighted by atomic mass is 9.98. The van der Waals surface area contributed by atoms with Crippen molar-refractivity contribution in [1.82, 2.24) is 14.7 Å². The van der Waals surface area contributed by atoms with Gasteiger partial charge in [0, 0.05) is 17.6 Å². The highest BCUT2D eigenvalue weighted by Crippen LogP contribution is 2.35. The van der Waals surface area contributed by atoms with Crippen LogP contribution >= 0.6 is 11.3 Å². The summed E-state index contributed by atoms with van der Waals surface area (Å²) >= 11 is 1.76. The summed E-state index contributed by atoms with van der Waals surface area (Å²) in [5.74, 6) is -0.474. The monoisotopic (exact) mass is 333 g/mol. The zero-order valence-electron chi connectivity index (χ0n) is 12.9. The van der Waals surface area contributed by atoms with E-state index in [2.05, 4.69) is 28.8 Å². The predicted octanol–water partition coefficient (Wildman–Crippen LogP) is 1.97. The summed E-state index contributed by atoms with van der Waals surface area (Å²) < 4.78 is 1.41. The van der Waals surface area contributed by atoms with Crippen LogP contribution < -0.4 is 11.1 Å². The fourth-order valence-corrected chi connectivity index (χ4v) is 3.88. The number of fused-ring (bicyclic) bond motifs is 1. The number of nitrogens with one attached hydrogen (secondary N) is 1. The molecular weight excluding hydrogens is 314 g/mol. The fraction of sp³-hybridized carbons (Fsp3) is 0.400. The molecule has 0 fully saturated rings. The molecule has 0 aromatic carbocycles. The molecule has 1 aliphatic rings. The SMILES string of the molecule is CC[C@@H]1c2ccsc2CCN1C(=O)Nc1cnn(CC(N)=O)c1. The molecule has 1 aliphatic heterocycles. The van der Waals surface area contributed by atoms with E-state index in [0.29, 0.717) is 12.2 Å². The first-order chi connectivity index (χ1) is 11.1. The highest BCUT2D eigenvalue weighted by atomic mass is 32.1. The number of nitrogens with zero attached hydrogens (tertiary/aromatic N) is 3. The van der Waals surface area contributed by atoms with Crippen molar-refractivity contribution in [2.75, 3.05) is 11.9 Å². The van der Waals surface area contributed by atoms with Crippen LogP contribution in [-0.2, 0) is 17.8 Å². The fourth-order valence-electron chi connectivity index (χ4n) is 2.95. The molecule has 2 aromatic rings. The van der Waals surface area contributed by atoms with E-state index < -0.39 is 5.91 Å². The first-order valence-corrected chi connectivity index (χ1v) is 8.41. The third-order valence-electron chi connectivity index (χ3n) is 3.94. The Balaban J connectivity index is 1.71. The largest absolute Gasteiger partial charge is 0.368 e. The molecule has 122 valence electrons. The maximum Gasteiger partial charge on any atom is 0.322 e. The molecule has 8 heteroatoms. The molecule has 7 nitrogen and oxygen atoms in total. The summed E-state index contributed by atoms with van der Waals surface area (Å²) in [6.07, 6.45) is 4.88. The molecule has 0 spiro atoms. The molecule has 3 rings (SSSR count). The van der Waals surface area contributed by atoms with E-state index in [1.807, 2.05) is 4.90 Å². The van der Waals surface area contributed by atoms with Gasteiger partial charge in [-0.25, -0.2) is 4.79 Å². The molecule has 0 saturated carbocycles. The molecule has 3 amide bonds. The number of carbonyl (C=O) groups is 2. The van der Waals surface area contributed by atoms with Gasteiger partial charge in [-0.3, -0.25) is 9.48 Å². The van der Waals surface area contributed by atoms with Crippen LogP contribution in [0, 0.1) is 0 Å². The Morgan fingerprint density at radius 1 is 1.52 bits per heavy atom. The molecule has 23 heavy (non-hydrogen) atoms. The van der Waals surface area contributed by atoms with Crippen LogP contribution in [0.1, 0.15) is 29.8 Å². The second-order valence-electron chi connectivity index (χ2n) is 5.49. The molecular formula is C15H19N5O2S. The summed E-state index contributed by atoms with van der Waals surface area (Å²) in [7, 11) is 0. The van der Waals surface area contributed by atoms with Crippen LogP contribution in [0.25, 0.3) is 0 Å². The molecule has 0 saturated heterocycles. The number of nitrogens with two attached hydrogens (primary N) is 1. The zero-order valence-corrected chi connectivity index (χ0v) is 13.7. The smallest absolute Gasteiger partial charge is 0.322 e. The third kappa shape index (κ3) is 3.21. The van der Waals surface area contributed by atoms with E-state index in [4.69, 9.17) is 5.73 Å². The second-order valence-corrected chi connectivity index (χ2v) is 6.49. The van der Waals surface area contributed by atoms with Crippen LogP contribution in [0.5, 0.6) is 0 Å². The van der Waals surface area contributed by atoms with Crippen LogP contribution in [0.15, 0.2) is 23.8 Å². The minimum absolute atomic E-state index is 0.00453. The van der Waals surface area contributed by atoms with E-state index in [0.717, 1.165) is 12.8 Å². The first kappa shape index (κ1) is 15.5. The number of hydrogen-bond acceptors (Lipinski definition) is 4. The maximum atomic E-state index is 12.6. The van der Waals surface area contributed by atoms with E-state index in [9.17, 15) is 9.59 Å². The molecule has 0 aliphatic carbocycles. The molecule has 0 radical (unpaired) electrons. The number of aromatic nitrogens is 2. The number of amides is 3. The summed E-state index contributed by atoms with van der Waals surface area (Å²) in [5.41, 5.74) is 6.94. The highest BCUT2D eigenvalue weighted by molar-refractivity contribution is 7.10. The van der Waals surface area contributed by atoms with Gasteiger partial charge in [0.1, 0.15) is 6.54 Å². The Hall–Kier alpha value is -2.35. The predicted molar refractivity (Wildman–Crippen MR) is 88.2 cm³/mol. The van der Waals surface area contributed by atoms with Gasteiger partial charge in [0.2, 0.25) is 5.91 Å². The number of urea groups is 1. The summed E-state index contributed by atoms with van der Waals surface area (Å²) in [5, 5.41) is 8.94. The van der Waals surface area contributed by atoms with E-state index in [-0.39, 0.29) is 18.6 Å². The molecule has 2 aromatic heterocycles. The number of rotatable bonds is 4. The molecule has 3 N–H and O–H groups in total. The van der Waals surface area contributed by atoms with Gasteiger partial charge in [0.05, 0.1) is 17.9 Å². The minimum Gasteiger partial charge on any atom is -0.368 e. The summed E-state index contributed by atoms with van der Waals surface area (Å²) in [4.78, 5) is 26.7. The van der Waals surface area contributed by atoms with Crippen LogP contribution in [0.4, 0.5) is 10.5 Å². The van der Waals surface area contributed by atoms with Crippen LogP contribution in [0.3, 0.4) is 0 Å². The van der Waals surface area contributed by atoms with Crippen molar-refractivity contribution >= 4 is 29.0 Å². The standard InChI is InChI=1S/C15H19N5O2S/c1-2-12-11-4-6-23-13(11)3-5-20(12)15(22)18-10-7-17-19(8-10)9-14(16)21/h4,6-8,12H,2-3,5,9H2,1H3,(H2,16,21)(H,18,22)/t12-/m1/s1. The molecule has 0 bridgehead atoms. The van der Waals surface area contributed by atoms with Crippen molar-refractivity contribution in [1.29, 1.82) is 0 Å². The number of primary amides is 1. The number of hydrogen-bond donors (Lipinski definition) is 2. The quantitative estimate of drug-likeness (QED) is 0.896. The van der Waals surface area contributed by atoms with E-state index in [1.165, 1.54) is 21.3 Å². The lowest BCUT2D eigenvalue weighted by Crippen LogP contribution is -2.41. The van der Waals surface area contributed by atoms with E-state index >= 15 is 0 Å². The highest BCUT2D eigenvalue weighted by Gasteiger charge is 2.30. The van der Waals surface area contributed by atoms with Crippen molar-refractivity contribution in [3.63, 3.8) is 0 Å². The Morgan fingerprint density at radius 3 is 3.09 bits per heavy atom. The van der Waals surface area contributed by atoms with Gasteiger partial charge in [0.25, 0.3) is 0 Å². The van der Waals surface area contributed by atoms with Gasteiger partial charge in [-0.15, -0.1) is 11.3 Å². The average molecular weight is 333 g/mol. The minimum atomic E-state index is -0.474. The Labute approximate surface area is 138 Å². The van der Waals surface area contributed by atoms with Crippen molar-refractivity contribution < 1.29 is 9.59 Å². The zero-order chi connectivity index (χ0) is 16.4. The normalized spacial score (nSPS) is 16.9. The summed E-state index contributed by atoms with van der Waals surface area (Å²) in [6, 6.07) is 2.07. The molecule has 3 heterocycles. The Morgan fingerprint density at radius 2 is 2.35 bits per heavy atom. The van der Waals surface area contributed by atoms with Crippen molar-refractivity contribution in [3.05, 3.63) is 34.3 Å². The Kier molecular flexibility index (Phi) is 4.33. The molecule has 1 atom stereocenters. The van der Waals surface area contributed by atoms with Crippen molar-refractivity contribution in [2.24, 2.45) is 5.73 Å². The van der Waals surface area contributed by atoms with Crippen molar-refractivity contribution in [3.8, 4) is 0 Å². The van der Waals surface area contributed by atoms with Crippen LogP contribution in [0.2, 0.25) is 0 Å². The van der Waals surface area contributed by atoms with Gasteiger partial charge in [0.15, 0.2) is 0 Å². The maximum absolute atomic E-state index is 12.6. The molecule has 0 unspecified atom stereocenters. The topological polar surface area (TPSA) is 93.2 Å². The van der Waals surface area contributed by atoms with Gasteiger partial charge in [-0.05, 0) is 29.9 Å². The van der Waals surface area contributed by atoms with Gasteiger partial charge < -0.3 is 16.0 Å². The number of thiophene rings is 1. The van der Waals surface area contributed by atoms with Crippen LogP contribution in [-0.4, -0.2) is 33.2 Å².